The highest BCUT2D eigenvalue weighted by molar-refractivity contribution is 5.73. The highest BCUT2D eigenvalue weighted by atomic mass is 16.5. The van der Waals surface area contributed by atoms with E-state index in [4.69, 9.17) is 4.74 Å². The third kappa shape index (κ3) is 4.05. The van der Waals surface area contributed by atoms with Gasteiger partial charge in [0.2, 0.25) is 0 Å². The predicted molar refractivity (Wildman–Crippen MR) is 77.5 cm³/mol. The van der Waals surface area contributed by atoms with E-state index in [-0.39, 0.29) is 12.1 Å². The highest BCUT2D eigenvalue weighted by Crippen LogP contribution is 2.18. The first kappa shape index (κ1) is 15.0. The molecule has 0 spiro atoms. The Bertz CT molecular complexity index is 413. The molecular weight excluding hydrogens is 254 g/mol. The van der Waals surface area contributed by atoms with E-state index in [0.29, 0.717) is 13.0 Å². The van der Waals surface area contributed by atoms with Crippen LogP contribution in [0.4, 0.5) is 0 Å². The second kappa shape index (κ2) is 7.41. The number of nitrogens with zero attached hydrogens (tertiary/aromatic N) is 1. The van der Waals surface area contributed by atoms with Crippen molar-refractivity contribution >= 4 is 5.97 Å². The van der Waals surface area contributed by atoms with Crippen LogP contribution in [0.2, 0.25) is 0 Å². The molecule has 0 saturated carbocycles. The van der Waals surface area contributed by atoms with E-state index in [0.717, 1.165) is 25.9 Å². The molecule has 1 saturated heterocycles. The van der Waals surface area contributed by atoms with Crippen molar-refractivity contribution in [3.63, 3.8) is 0 Å². The van der Waals surface area contributed by atoms with Crippen LogP contribution in [0.3, 0.4) is 0 Å². The van der Waals surface area contributed by atoms with Gasteiger partial charge in [-0.3, -0.25) is 9.69 Å². The zero-order valence-electron chi connectivity index (χ0n) is 12.0. The summed E-state index contributed by atoms with van der Waals surface area (Å²) < 4.78 is 5.92. The van der Waals surface area contributed by atoms with Crippen molar-refractivity contribution in [3.8, 4) is 0 Å². The summed E-state index contributed by atoms with van der Waals surface area (Å²) in [5, 5.41) is 9.17. The average Bonchev–Trinajstić information content (AvgIpc) is 2.48. The maximum atomic E-state index is 11.1. The molecule has 0 amide bonds. The Labute approximate surface area is 120 Å². The molecule has 1 unspecified atom stereocenters. The van der Waals surface area contributed by atoms with Crippen molar-refractivity contribution in [1.82, 2.24) is 4.90 Å². The minimum atomic E-state index is -0.712. The summed E-state index contributed by atoms with van der Waals surface area (Å²) in [5.74, 6) is -0.712. The zero-order valence-corrected chi connectivity index (χ0v) is 12.0. The van der Waals surface area contributed by atoms with Gasteiger partial charge in [0.05, 0.1) is 12.7 Å². The van der Waals surface area contributed by atoms with Crippen molar-refractivity contribution in [2.24, 2.45) is 0 Å². The monoisotopic (exact) mass is 277 g/mol. The first-order chi connectivity index (χ1) is 9.70. The Kier molecular flexibility index (Phi) is 5.56. The predicted octanol–water partition coefficient (Wildman–Crippen LogP) is 2.53. The number of piperidine rings is 1. The summed E-state index contributed by atoms with van der Waals surface area (Å²) in [4.78, 5) is 13.2. The molecule has 1 fully saturated rings. The van der Waals surface area contributed by atoms with Gasteiger partial charge in [-0.25, -0.2) is 0 Å². The number of carbonyl (C=O) groups is 1. The Morgan fingerprint density at radius 1 is 1.35 bits per heavy atom. The quantitative estimate of drug-likeness (QED) is 0.868. The van der Waals surface area contributed by atoms with E-state index in [1.54, 1.807) is 0 Å². The molecule has 1 aliphatic rings. The van der Waals surface area contributed by atoms with Gasteiger partial charge in [0.15, 0.2) is 0 Å². The number of hydrogen-bond donors (Lipinski definition) is 1. The first-order valence-corrected chi connectivity index (χ1v) is 7.33. The lowest BCUT2D eigenvalue weighted by molar-refractivity contribution is -0.144. The van der Waals surface area contributed by atoms with Gasteiger partial charge < -0.3 is 9.84 Å². The number of rotatable bonds is 6. The van der Waals surface area contributed by atoms with E-state index in [2.05, 4.69) is 17.0 Å². The molecule has 1 heterocycles. The van der Waals surface area contributed by atoms with Crippen LogP contribution in [0.15, 0.2) is 30.3 Å². The van der Waals surface area contributed by atoms with Crippen LogP contribution in [-0.4, -0.2) is 41.2 Å². The lowest BCUT2D eigenvalue weighted by Crippen LogP contribution is -2.46. The second-order valence-corrected chi connectivity index (χ2v) is 5.29. The van der Waals surface area contributed by atoms with Crippen molar-refractivity contribution in [2.45, 2.75) is 44.9 Å². The highest BCUT2D eigenvalue weighted by Gasteiger charge is 2.28. The maximum Gasteiger partial charge on any atom is 0.320 e. The Morgan fingerprint density at radius 2 is 2.00 bits per heavy atom. The Morgan fingerprint density at radius 3 is 2.55 bits per heavy atom. The molecule has 20 heavy (non-hydrogen) atoms. The van der Waals surface area contributed by atoms with Crippen molar-refractivity contribution < 1.29 is 14.6 Å². The van der Waals surface area contributed by atoms with E-state index >= 15 is 0 Å². The molecule has 4 heteroatoms. The van der Waals surface area contributed by atoms with Gasteiger partial charge in [0.25, 0.3) is 0 Å². The zero-order chi connectivity index (χ0) is 14.4. The van der Waals surface area contributed by atoms with Gasteiger partial charge in [-0.1, -0.05) is 37.3 Å². The lowest BCUT2D eigenvalue weighted by Gasteiger charge is -2.35. The third-order valence-electron chi connectivity index (χ3n) is 3.92. The molecular formula is C16H23NO3. The molecule has 0 aliphatic carbocycles. The van der Waals surface area contributed by atoms with Crippen molar-refractivity contribution in [3.05, 3.63) is 35.9 Å². The maximum absolute atomic E-state index is 11.1. The summed E-state index contributed by atoms with van der Waals surface area (Å²) >= 11 is 0. The fourth-order valence-corrected chi connectivity index (χ4v) is 2.73. The van der Waals surface area contributed by atoms with Gasteiger partial charge in [-0.15, -0.1) is 0 Å². The summed E-state index contributed by atoms with van der Waals surface area (Å²) in [5.41, 5.74) is 1.19. The summed E-state index contributed by atoms with van der Waals surface area (Å²) in [7, 11) is 0. The molecule has 2 rings (SSSR count). The molecule has 4 nitrogen and oxygen atoms in total. The molecule has 0 radical (unpaired) electrons. The van der Waals surface area contributed by atoms with Gasteiger partial charge >= 0.3 is 5.97 Å². The van der Waals surface area contributed by atoms with Gasteiger partial charge in [-0.05, 0) is 24.8 Å². The van der Waals surface area contributed by atoms with Crippen LogP contribution in [0, 0.1) is 0 Å². The first-order valence-electron chi connectivity index (χ1n) is 7.33. The minimum Gasteiger partial charge on any atom is -0.480 e. The molecule has 1 aromatic carbocycles. The van der Waals surface area contributed by atoms with Crippen LogP contribution in [-0.2, 0) is 16.1 Å². The number of aliphatic carboxylic acids is 1. The summed E-state index contributed by atoms with van der Waals surface area (Å²) in [6.45, 7) is 4.19. The number of ether oxygens (including phenoxy) is 1. The lowest BCUT2D eigenvalue weighted by atomic mass is 10.0. The summed E-state index contributed by atoms with van der Waals surface area (Å²) in [6, 6.07) is 9.81. The largest absolute Gasteiger partial charge is 0.480 e. The molecule has 0 aromatic heterocycles. The number of benzene rings is 1. The standard InChI is InChI=1S/C16H23NO3/c1-2-15(16(18)19)17-10-8-14(9-11-17)20-12-13-6-4-3-5-7-13/h3-7,14-15H,2,8-12H2,1H3,(H,18,19). The smallest absolute Gasteiger partial charge is 0.320 e. The van der Waals surface area contributed by atoms with E-state index in [9.17, 15) is 9.90 Å². The van der Waals surface area contributed by atoms with Gasteiger partial charge in [0.1, 0.15) is 6.04 Å². The minimum absolute atomic E-state index is 0.248. The number of likely N-dealkylation sites (tertiary alicyclic amines) is 1. The number of hydrogen-bond acceptors (Lipinski definition) is 3. The topological polar surface area (TPSA) is 49.8 Å². The molecule has 0 bridgehead atoms. The van der Waals surface area contributed by atoms with E-state index in [1.165, 1.54) is 5.56 Å². The fourth-order valence-electron chi connectivity index (χ4n) is 2.73. The van der Waals surface area contributed by atoms with Crippen LogP contribution in [0.5, 0.6) is 0 Å². The van der Waals surface area contributed by atoms with Crippen LogP contribution in [0.1, 0.15) is 31.7 Å². The SMILES string of the molecule is CCC(C(=O)O)N1CCC(OCc2ccccc2)CC1. The van der Waals surface area contributed by atoms with Gasteiger partial charge in [0, 0.05) is 13.1 Å². The number of carboxylic acids is 1. The van der Waals surface area contributed by atoms with Crippen LogP contribution < -0.4 is 0 Å². The molecule has 1 aromatic rings. The summed E-state index contributed by atoms with van der Waals surface area (Å²) in [6.07, 6.45) is 2.73. The Hall–Kier alpha value is -1.39. The average molecular weight is 277 g/mol. The van der Waals surface area contributed by atoms with Crippen LogP contribution in [0.25, 0.3) is 0 Å². The number of carboxylic acid groups (broad SMARTS) is 1. The molecule has 1 atom stereocenters. The van der Waals surface area contributed by atoms with E-state index in [1.807, 2.05) is 25.1 Å². The second-order valence-electron chi connectivity index (χ2n) is 5.29. The molecule has 110 valence electrons. The Balaban J connectivity index is 1.75. The molecule has 1 N–H and O–H groups in total. The molecule has 1 aliphatic heterocycles. The normalized spacial score (nSPS) is 18.9. The van der Waals surface area contributed by atoms with E-state index < -0.39 is 5.97 Å². The van der Waals surface area contributed by atoms with Crippen molar-refractivity contribution in [2.75, 3.05) is 13.1 Å². The van der Waals surface area contributed by atoms with Crippen LogP contribution >= 0.6 is 0 Å². The third-order valence-corrected chi connectivity index (χ3v) is 3.92. The fraction of sp³-hybridized carbons (Fsp3) is 0.562. The van der Waals surface area contributed by atoms with Crippen molar-refractivity contribution in [1.29, 1.82) is 0 Å². The van der Waals surface area contributed by atoms with Gasteiger partial charge in [-0.2, -0.15) is 0 Å².